The number of benzene rings is 1. The minimum absolute atomic E-state index is 0.169. The lowest BCUT2D eigenvalue weighted by Gasteiger charge is -2.13. The van der Waals surface area contributed by atoms with Gasteiger partial charge in [-0.1, -0.05) is 6.07 Å². The summed E-state index contributed by atoms with van der Waals surface area (Å²) in [5.41, 5.74) is 2.15. The first-order valence-corrected chi connectivity index (χ1v) is 4.08. The van der Waals surface area contributed by atoms with Gasteiger partial charge in [0.2, 0.25) is 0 Å². The average molecular weight is 167 g/mol. The predicted molar refractivity (Wildman–Crippen MR) is 48.6 cm³/mol. The minimum atomic E-state index is -0.169. The summed E-state index contributed by atoms with van der Waals surface area (Å²) in [4.78, 5) is 0. The number of halogens is 1. The molecular formula is C10H14FN. The number of aryl methyl sites for hydroxylation is 1. The van der Waals surface area contributed by atoms with Crippen LogP contribution in [0.3, 0.4) is 0 Å². The first-order valence-electron chi connectivity index (χ1n) is 4.08. The summed E-state index contributed by atoms with van der Waals surface area (Å²) in [6.45, 7) is 4.00. The Balaban J connectivity index is 3.04. The van der Waals surface area contributed by atoms with Gasteiger partial charge in [0.25, 0.3) is 0 Å². The molecule has 0 aliphatic rings. The highest BCUT2D eigenvalue weighted by atomic mass is 19.1. The largest absolute Gasteiger partial charge is 0.313 e. The van der Waals surface area contributed by atoms with Crippen molar-refractivity contribution in [3.63, 3.8) is 0 Å². The van der Waals surface area contributed by atoms with Gasteiger partial charge in [-0.2, -0.15) is 0 Å². The number of hydrogen-bond donors (Lipinski definition) is 1. The molecule has 0 heterocycles. The summed E-state index contributed by atoms with van der Waals surface area (Å²) in [7, 11) is 1.87. The molecule has 0 unspecified atom stereocenters. The van der Waals surface area contributed by atoms with E-state index in [1.807, 2.05) is 20.9 Å². The molecule has 0 radical (unpaired) electrons. The molecule has 0 aromatic heterocycles. The molecule has 0 fully saturated rings. The summed E-state index contributed by atoms with van der Waals surface area (Å²) in [5.74, 6) is -0.169. The lowest BCUT2D eigenvalue weighted by Crippen LogP contribution is -2.13. The van der Waals surface area contributed by atoms with E-state index in [9.17, 15) is 4.39 Å². The number of hydrogen-bond acceptors (Lipinski definition) is 1. The molecule has 66 valence electrons. The molecule has 1 aromatic carbocycles. The molecule has 1 rings (SSSR count). The second-order valence-corrected chi connectivity index (χ2v) is 3.01. The highest BCUT2D eigenvalue weighted by molar-refractivity contribution is 5.28. The van der Waals surface area contributed by atoms with Crippen molar-refractivity contribution in [2.45, 2.75) is 19.9 Å². The fraction of sp³-hybridized carbons (Fsp3) is 0.400. The minimum Gasteiger partial charge on any atom is -0.313 e. The molecule has 0 saturated heterocycles. The first-order chi connectivity index (χ1) is 5.65. The summed E-state index contributed by atoms with van der Waals surface area (Å²) < 4.78 is 12.8. The molecule has 0 aliphatic heterocycles. The molecule has 12 heavy (non-hydrogen) atoms. The van der Waals surface area contributed by atoms with Gasteiger partial charge in [-0.25, -0.2) is 4.39 Å². The summed E-state index contributed by atoms with van der Waals surface area (Å²) >= 11 is 0. The van der Waals surface area contributed by atoms with E-state index in [1.54, 1.807) is 12.1 Å². The van der Waals surface area contributed by atoms with E-state index in [2.05, 4.69) is 5.32 Å². The van der Waals surface area contributed by atoms with Crippen molar-refractivity contribution in [1.29, 1.82) is 0 Å². The second-order valence-electron chi connectivity index (χ2n) is 3.01. The quantitative estimate of drug-likeness (QED) is 0.713. The smallest absolute Gasteiger partial charge is 0.123 e. The maximum atomic E-state index is 12.8. The van der Waals surface area contributed by atoms with Gasteiger partial charge in [0, 0.05) is 6.04 Å². The Morgan fingerprint density at radius 2 is 2.08 bits per heavy atom. The molecule has 2 heteroatoms. The van der Waals surface area contributed by atoms with Crippen molar-refractivity contribution < 1.29 is 4.39 Å². The van der Waals surface area contributed by atoms with Crippen LogP contribution >= 0.6 is 0 Å². The molecular weight excluding hydrogens is 153 g/mol. The van der Waals surface area contributed by atoms with Crippen LogP contribution in [0.5, 0.6) is 0 Å². The number of nitrogens with one attached hydrogen (secondary N) is 1. The van der Waals surface area contributed by atoms with Crippen LogP contribution in [-0.4, -0.2) is 7.05 Å². The fourth-order valence-corrected chi connectivity index (χ4v) is 1.23. The lowest BCUT2D eigenvalue weighted by molar-refractivity contribution is 0.606. The summed E-state index contributed by atoms with van der Waals surface area (Å²) in [5, 5.41) is 3.08. The highest BCUT2D eigenvalue weighted by Gasteiger charge is 2.06. The van der Waals surface area contributed by atoms with Crippen molar-refractivity contribution >= 4 is 0 Å². The molecule has 0 aliphatic carbocycles. The van der Waals surface area contributed by atoms with Crippen LogP contribution in [0, 0.1) is 12.7 Å². The van der Waals surface area contributed by atoms with E-state index in [4.69, 9.17) is 0 Å². The zero-order valence-electron chi connectivity index (χ0n) is 7.69. The lowest BCUT2D eigenvalue weighted by atomic mass is 10.0. The second kappa shape index (κ2) is 3.68. The standard InChI is InChI=1S/C10H14FN/c1-7-4-5-9(11)6-10(7)8(2)12-3/h4-6,8,12H,1-3H3/t8-/m1/s1. The molecule has 0 amide bonds. The van der Waals surface area contributed by atoms with Gasteiger partial charge in [0.05, 0.1) is 0 Å². The Hall–Kier alpha value is -0.890. The van der Waals surface area contributed by atoms with Crippen molar-refractivity contribution in [3.05, 3.63) is 35.1 Å². The van der Waals surface area contributed by atoms with Gasteiger partial charge in [-0.05, 0) is 44.2 Å². The summed E-state index contributed by atoms with van der Waals surface area (Å²) in [6.07, 6.45) is 0. The van der Waals surface area contributed by atoms with E-state index in [0.717, 1.165) is 11.1 Å². The van der Waals surface area contributed by atoms with E-state index >= 15 is 0 Å². The van der Waals surface area contributed by atoms with Crippen molar-refractivity contribution in [3.8, 4) is 0 Å². The van der Waals surface area contributed by atoms with E-state index in [0.29, 0.717) is 0 Å². The van der Waals surface area contributed by atoms with Gasteiger partial charge in [-0.3, -0.25) is 0 Å². The van der Waals surface area contributed by atoms with Crippen LogP contribution < -0.4 is 5.32 Å². The summed E-state index contributed by atoms with van der Waals surface area (Å²) in [6, 6.07) is 5.08. The van der Waals surface area contributed by atoms with Gasteiger partial charge in [-0.15, -0.1) is 0 Å². The van der Waals surface area contributed by atoms with E-state index in [-0.39, 0.29) is 11.9 Å². The topological polar surface area (TPSA) is 12.0 Å². The number of rotatable bonds is 2. The molecule has 1 atom stereocenters. The van der Waals surface area contributed by atoms with Gasteiger partial charge in [0.1, 0.15) is 5.82 Å². The zero-order valence-corrected chi connectivity index (χ0v) is 7.69. The molecule has 1 nitrogen and oxygen atoms in total. The van der Waals surface area contributed by atoms with Crippen LogP contribution in [0.15, 0.2) is 18.2 Å². The normalized spacial score (nSPS) is 13.0. The van der Waals surface area contributed by atoms with Gasteiger partial charge in [0.15, 0.2) is 0 Å². The Kier molecular flexibility index (Phi) is 2.82. The first kappa shape index (κ1) is 9.20. The average Bonchev–Trinajstić information content (AvgIpc) is 2.08. The van der Waals surface area contributed by atoms with E-state index in [1.165, 1.54) is 6.07 Å². The van der Waals surface area contributed by atoms with E-state index < -0.39 is 0 Å². The van der Waals surface area contributed by atoms with Gasteiger partial charge < -0.3 is 5.32 Å². The van der Waals surface area contributed by atoms with Gasteiger partial charge >= 0.3 is 0 Å². The molecule has 0 spiro atoms. The third-order valence-corrected chi connectivity index (χ3v) is 2.14. The van der Waals surface area contributed by atoms with Crippen LogP contribution in [0.1, 0.15) is 24.1 Å². The van der Waals surface area contributed by atoms with Crippen molar-refractivity contribution in [1.82, 2.24) is 5.32 Å². The Morgan fingerprint density at radius 3 is 2.67 bits per heavy atom. The third kappa shape index (κ3) is 1.83. The maximum Gasteiger partial charge on any atom is 0.123 e. The molecule has 1 aromatic rings. The van der Waals surface area contributed by atoms with Crippen molar-refractivity contribution in [2.75, 3.05) is 7.05 Å². The monoisotopic (exact) mass is 167 g/mol. The Labute approximate surface area is 72.6 Å². The zero-order chi connectivity index (χ0) is 9.14. The highest BCUT2D eigenvalue weighted by Crippen LogP contribution is 2.17. The van der Waals surface area contributed by atoms with Crippen LogP contribution in [0.2, 0.25) is 0 Å². The Morgan fingerprint density at radius 1 is 1.42 bits per heavy atom. The molecule has 1 N–H and O–H groups in total. The fourth-order valence-electron chi connectivity index (χ4n) is 1.23. The van der Waals surface area contributed by atoms with Crippen molar-refractivity contribution in [2.24, 2.45) is 0 Å². The predicted octanol–water partition coefficient (Wildman–Crippen LogP) is 2.41. The SMILES string of the molecule is CN[C@H](C)c1cc(F)ccc1C. The van der Waals surface area contributed by atoms with Crippen LogP contribution in [-0.2, 0) is 0 Å². The van der Waals surface area contributed by atoms with Crippen LogP contribution in [0.25, 0.3) is 0 Å². The molecule has 0 bridgehead atoms. The Bertz CT molecular complexity index is 271. The van der Waals surface area contributed by atoms with Crippen LogP contribution in [0.4, 0.5) is 4.39 Å². The third-order valence-electron chi connectivity index (χ3n) is 2.14. The maximum absolute atomic E-state index is 12.8. The molecule has 0 saturated carbocycles.